The van der Waals surface area contributed by atoms with Gasteiger partial charge in [0.25, 0.3) is 0 Å². The lowest BCUT2D eigenvalue weighted by atomic mass is 10.0. The van der Waals surface area contributed by atoms with Crippen molar-refractivity contribution in [2.45, 2.75) is 39.2 Å². The molecule has 0 rings (SSSR count). The third kappa shape index (κ3) is 8.72. The van der Waals surface area contributed by atoms with Gasteiger partial charge in [0, 0.05) is 24.1 Å². The van der Waals surface area contributed by atoms with Gasteiger partial charge < -0.3 is 10.1 Å². The lowest BCUT2D eigenvalue weighted by molar-refractivity contribution is 0.142. The van der Waals surface area contributed by atoms with E-state index in [-0.39, 0.29) is 5.54 Å². The minimum Gasteiger partial charge on any atom is -0.382 e. The van der Waals surface area contributed by atoms with Crippen molar-refractivity contribution in [2.75, 3.05) is 25.1 Å². The van der Waals surface area contributed by atoms with Crippen molar-refractivity contribution in [2.24, 2.45) is 0 Å². The molecule has 0 heterocycles. The molecular formula is C10H22BrNO. The molecular weight excluding hydrogens is 230 g/mol. The van der Waals surface area contributed by atoms with Crippen molar-refractivity contribution in [3.05, 3.63) is 0 Å². The van der Waals surface area contributed by atoms with Gasteiger partial charge in [-0.15, -0.1) is 0 Å². The molecule has 0 bridgehead atoms. The van der Waals surface area contributed by atoms with E-state index in [1.54, 1.807) is 0 Å². The smallest absolute Gasteiger partial charge is 0.0477 e. The van der Waals surface area contributed by atoms with Crippen LogP contribution < -0.4 is 5.32 Å². The Morgan fingerprint density at radius 2 is 2.08 bits per heavy atom. The predicted octanol–water partition coefficient (Wildman–Crippen LogP) is 2.57. The zero-order valence-electron chi connectivity index (χ0n) is 9.03. The molecule has 0 saturated carbocycles. The second-order valence-corrected chi connectivity index (χ2v) is 4.59. The largest absolute Gasteiger partial charge is 0.382 e. The maximum Gasteiger partial charge on any atom is 0.0477 e. The molecule has 3 heteroatoms. The SMILES string of the molecule is CCOCCCNC(C)(C)CCBr. The predicted molar refractivity (Wildman–Crippen MR) is 61.6 cm³/mol. The molecule has 0 amide bonds. The van der Waals surface area contributed by atoms with Crippen LogP contribution in [0.3, 0.4) is 0 Å². The molecule has 0 aliphatic carbocycles. The summed E-state index contributed by atoms with van der Waals surface area (Å²) in [5.74, 6) is 0. The number of nitrogens with one attached hydrogen (secondary N) is 1. The normalized spacial score (nSPS) is 12.0. The van der Waals surface area contributed by atoms with E-state index in [0.29, 0.717) is 0 Å². The Morgan fingerprint density at radius 3 is 2.62 bits per heavy atom. The molecule has 0 fully saturated rings. The zero-order valence-corrected chi connectivity index (χ0v) is 10.6. The summed E-state index contributed by atoms with van der Waals surface area (Å²) in [4.78, 5) is 0. The summed E-state index contributed by atoms with van der Waals surface area (Å²) in [5, 5.41) is 4.56. The lowest BCUT2D eigenvalue weighted by Gasteiger charge is -2.25. The first kappa shape index (κ1) is 13.4. The Bertz CT molecular complexity index is 117. The number of rotatable bonds is 8. The van der Waals surface area contributed by atoms with Crippen LogP contribution in [-0.4, -0.2) is 30.6 Å². The molecule has 0 aliphatic rings. The first-order chi connectivity index (χ1) is 6.12. The van der Waals surface area contributed by atoms with Gasteiger partial charge in [-0.1, -0.05) is 15.9 Å². The first-order valence-electron chi connectivity index (χ1n) is 5.01. The van der Waals surface area contributed by atoms with Crippen LogP contribution in [0.4, 0.5) is 0 Å². The van der Waals surface area contributed by atoms with Crippen LogP contribution >= 0.6 is 15.9 Å². The van der Waals surface area contributed by atoms with Gasteiger partial charge in [0.2, 0.25) is 0 Å². The third-order valence-corrected chi connectivity index (χ3v) is 2.39. The van der Waals surface area contributed by atoms with Gasteiger partial charge in [-0.25, -0.2) is 0 Å². The molecule has 0 aliphatic heterocycles. The quantitative estimate of drug-likeness (QED) is 0.529. The van der Waals surface area contributed by atoms with Crippen molar-refractivity contribution >= 4 is 15.9 Å². The Balaban J connectivity index is 3.29. The number of halogens is 1. The molecule has 0 spiro atoms. The number of hydrogen-bond acceptors (Lipinski definition) is 2. The van der Waals surface area contributed by atoms with Crippen molar-refractivity contribution in [1.82, 2.24) is 5.32 Å². The Hall–Kier alpha value is 0.400. The van der Waals surface area contributed by atoms with Gasteiger partial charge in [-0.3, -0.25) is 0 Å². The molecule has 0 unspecified atom stereocenters. The fourth-order valence-electron chi connectivity index (χ4n) is 1.07. The average Bonchev–Trinajstić information content (AvgIpc) is 2.04. The summed E-state index contributed by atoms with van der Waals surface area (Å²) in [6.45, 7) is 9.23. The highest BCUT2D eigenvalue weighted by molar-refractivity contribution is 9.09. The van der Waals surface area contributed by atoms with Crippen LogP contribution in [0.15, 0.2) is 0 Å². The van der Waals surface area contributed by atoms with E-state index in [2.05, 4.69) is 35.1 Å². The second-order valence-electron chi connectivity index (χ2n) is 3.80. The molecule has 2 nitrogen and oxygen atoms in total. The number of ether oxygens (including phenoxy) is 1. The highest BCUT2D eigenvalue weighted by Crippen LogP contribution is 2.09. The van der Waals surface area contributed by atoms with Crippen molar-refractivity contribution in [3.8, 4) is 0 Å². The summed E-state index contributed by atoms with van der Waals surface area (Å²) < 4.78 is 5.26. The Morgan fingerprint density at radius 1 is 1.38 bits per heavy atom. The van der Waals surface area contributed by atoms with Crippen molar-refractivity contribution in [1.29, 1.82) is 0 Å². The summed E-state index contributed by atoms with van der Waals surface area (Å²) in [5.41, 5.74) is 0.246. The van der Waals surface area contributed by atoms with Gasteiger partial charge in [0.1, 0.15) is 0 Å². The molecule has 0 atom stereocenters. The van der Waals surface area contributed by atoms with Crippen LogP contribution in [0.2, 0.25) is 0 Å². The highest BCUT2D eigenvalue weighted by atomic mass is 79.9. The van der Waals surface area contributed by atoms with E-state index in [9.17, 15) is 0 Å². The highest BCUT2D eigenvalue weighted by Gasteiger charge is 2.14. The fourth-order valence-corrected chi connectivity index (χ4v) is 2.06. The van der Waals surface area contributed by atoms with Gasteiger partial charge in [0.15, 0.2) is 0 Å². The van der Waals surface area contributed by atoms with Crippen LogP contribution in [-0.2, 0) is 4.74 Å². The zero-order chi connectivity index (χ0) is 10.2. The Labute approximate surface area is 90.6 Å². The number of alkyl halides is 1. The first-order valence-corrected chi connectivity index (χ1v) is 6.13. The maximum atomic E-state index is 5.26. The van der Waals surface area contributed by atoms with E-state index < -0.39 is 0 Å². The summed E-state index contributed by atoms with van der Waals surface area (Å²) in [6.07, 6.45) is 2.25. The van der Waals surface area contributed by atoms with Crippen molar-refractivity contribution in [3.63, 3.8) is 0 Å². The molecule has 0 aromatic heterocycles. The average molecular weight is 252 g/mol. The van der Waals surface area contributed by atoms with E-state index in [4.69, 9.17) is 4.74 Å². The standard InChI is InChI=1S/C10H22BrNO/c1-4-13-9-5-8-12-10(2,3)6-7-11/h12H,4-9H2,1-3H3. The fraction of sp³-hybridized carbons (Fsp3) is 1.00. The minimum absolute atomic E-state index is 0.246. The lowest BCUT2D eigenvalue weighted by Crippen LogP contribution is -2.40. The van der Waals surface area contributed by atoms with Gasteiger partial charge in [-0.05, 0) is 40.2 Å². The van der Waals surface area contributed by atoms with E-state index in [1.807, 2.05) is 6.92 Å². The van der Waals surface area contributed by atoms with Crippen LogP contribution in [0, 0.1) is 0 Å². The molecule has 0 saturated heterocycles. The molecule has 0 aromatic carbocycles. The summed E-state index contributed by atoms with van der Waals surface area (Å²) in [6, 6.07) is 0. The van der Waals surface area contributed by atoms with Gasteiger partial charge in [0.05, 0.1) is 0 Å². The van der Waals surface area contributed by atoms with E-state index in [1.165, 1.54) is 0 Å². The topological polar surface area (TPSA) is 21.3 Å². The van der Waals surface area contributed by atoms with Crippen LogP contribution in [0.5, 0.6) is 0 Å². The van der Waals surface area contributed by atoms with Gasteiger partial charge >= 0.3 is 0 Å². The second kappa shape index (κ2) is 7.77. The molecule has 0 aromatic rings. The van der Waals surface area contributed by atoms with Crippen LogP contribution in [0.1, 0.15) is 33.6 Å². The summed E-state index contributed by atoms with van der Waals surface area (Å²) >= 11 is 3.45. The summed E-state index contributed by atoms with van der Waals surface area (Å²) in [7, 11) is 0. The number of hydrogen-bond donors (Lipinski definition) is 1. The van der Waals surface area contributed by atoms with Gasteiger partial charge in [-0.2, -0.15) is 0 Å². The third-order valence-electron chi connectivity index (χ3n) is 1.99. The minimum atomic E-state index is 0.246. The van der Waals surface area contributed by atoms with Crippen molar-refractivity contribution < 1.29 is 4.74 Å². The Kier molecular flexibility index (Phi) is 8.01. The van der Waals surface area contributed by atoms with Crippen LogP contribution in [0.25, 0.3) is 0 Å². The van der Waals surface area contributed by atoms with E-state index in [0.717, 1.165) is 37.9 Å². The molecule has 1 N–H and O–H groups in total. The molecule has 0 radical (unpaired) electrons. The maximum absolute atomic E-state index is 5.26. The molecule has 80 valence electrons. The molecule has 13 heavy (non-hydrogen) atoms. The monoisotopic (exact) mass is 251 g/mol. The van der Waals surface area contributed by atoms with E-state index >= 15 is 0 Å².